The Balaban J connectivity index is 0.000000200. The van der Waals surface area contributed by atoms with Gasteiger partial charge in [-0.25, -0.2) is 8.78 Å². The van der Waals surface area contributed by atoms with Crippen LogP contribution in [0.3, 0.4) is 0 Å². The Hall–Kier alpha value is -0.540. The highest BCUT2D eigenvalue weighted by Gasteiger charge is 2.01. The van der Waals surface area contributed by atoms with Crippen LogP contribution in [-0.4, -0.2) is 0 Å². The van der Waals surface area contributed by atoms with Crippen LogP contribution in [0.5, 0.6) is 0 Å². The van der Waals surface area contributed by atoms with Crippen LogP contribution in [0.4, 0.5) is 8.78 Å². The van der Waals surface area contributed by atoms with Gasteiger partial charge in [-0.1, -0.05) is 24.3 Å². The van der Waals surface area contributed by atoms with E-state index < -0.39 is 9.67 Å². The summed E-state index contributed by atoms with van der Waals surface area (Å²) in [6.45, 7) is 0. The van der Waals surface area contributed by atoms with E-state index in [2.05, 4.69) is 0 Å². The summed E-state index contributed by atoms with van der Waals surface area (Å²) in [6.07, 6.45) is 0. The maximum atomic E-state index is 12.3. The number of hydrogen-bond donors (Lipinski definition) is 0. The Morgan fingerprint density at radius 1 is 0.550 bits per heavy atom. The largest absolute Gasteiger partial charge is 0.207 e. The second-order valence-corrected chi connectivity index (χ2v) is 5.90. The first-order valence-corrected chi connectivity index (χ1v) is 7.22. The number of benzene rings is 2. The third kappa shape index (κ3) is 6.27. The van der Waals surface area contributed by atoms with Crippen molar-refractivity contribution in [3.05, 3.63) is 71.3 Å². The molecule has 20 heavy (non-hydrogen) atoms. The molecular formula is C14H10Cl4F2. The molecule has 0 amide bonds. The fraction of sp³-hybridized carbons (Fsp3) is 0.143. The van der Waals surface area contributed by atoms with Crippen LogP contribution < -0.4 is 0 Å². The minimum atomic E-state index is -0.569. The summed E-state index contributed by atoms with van der Waals surface area (Å²) in [4.78, 5) is -1.14. The molecule has 0 aliphatic rings. The number of rotatable bonds is 2. The van der Waals surface area contributed by atoms with Gasteiger partial charge in [0.25, 0.3) is 0 Å². The molecule has 0 radical (unpaired) electrons. The van der Waals surface area contributed by atoms with Gasteiger partial charge < -0.3 is 0 Å². The Labute approximate surface area is 136 Å². The molecule has 0 heterocycles. The second kappa shape index (κ2) is 8.68. The Morgan fingerprint density at radius 3 is 1.00 bits per heavy atom. The average molecular weight is 358 g/mol. The van der Waals surface area contributed by atoms with Gasteiger partial charge in [-0.05, 0) is 35.4 Å². The first kappa shape index (κ1) is 17.5. The quantitative estimate of drug-likeness (QED) is 0.531. The zero-order valence-electron chi connectivity index (χ0n) is 10.0. The van der Waals surface area contributed by atoms with Gasteiger partial charge >= 0.3 is 0 Å². The Kier molecular flexibility index (Phi) is 7.60. The summed E-state index contributed by atoms with van der Waals surface area (Å²) in [6, 6.07) is 11.5. The molecule has 0 aliphatic heterocycles. The van der Waals surface area contributed by atoms with Gasteiger partial charge in [-0.3, -0.25) is 0 Å². The normalized spacial score (nSPS) is 10.4. The minimum absolute atomic E-state index is 0.280. The summed E-state index contributed by atoms with van der Waals surface area (Å²) in [5.41, 5.74) is 1.43. The van der Waals surface area contributed by atoms with Gasteiger partial charge in [0, 0.05) is 0 Å². The molecule has 0 N–H and O–H groups in total. The monoisotopic (exact) mass is 356 g/mol. The molecule has 0 saturated heterocycles. The van der Waals surface area contributed by atoms with Crippen molar-refractivity contribution in [2.24, 2.45) is 0 Å². The average Bonchev–Trinajstić information content (AvgIpc) is 2.40. The second-order valence-electron chi connectivity index (χ2n) is 3.70. The molecule has 0 fully saturated rings. The van der Waals surface area contributed by atoms with Crippen molar-refractivity contribution in [3.63, 3.8) is 0 Å². The van der Waals surface area contributed by atoms with E-state index in [0.717, 1.165) is 0 Å². The van der Waals surface area contributed by atoms with Crippen molar-refractivity contribution in [3.8, 4) is 0 Å². The van der Waals surface area contributed by atoms with E-state index in [4.69, 9.17) is 46.4 Å². The highest BCUT2D eigenvalue weighted by Crippen LogP contribution is 2.24. The van der Waals surface area contributed by atoms with Gasteiger partial charge in [0.05, 0.1) is 0 Å². The van der Waals surface area contributed by atoms with E-state index in [0.29, 0.717) is 11.1 Å². The zero-order valence-corrected chi connectivity index (χ0v) is 13.1. The summed E-state index contributed by atoms with van der Waals surface area (Å²) >= 11 is 22.0. The minimum Gasteiger partial charge on any atom is -0.207 e. The first-order valence-electron chi connectivity index (χ1n) is 5.47. The Bertz CT molecular complexity index is 460. The zero-order chi connectivity index (χ0) is 15.1. The first-order chi connectivity index (χ1) is 9.40. The molecule has 0 spiro atoms. The molecule has 6 heteroatoms. The third-order valence-electron chi connectivity index (χ3n) is 2.24. The lowest BCUT2D eigenvalue weighted by Crippen LogP contribution is -1.80. The van der Waals surface area contributed by atoms with Crippen LogP contribution >= 0.6 is 46.4 Å². The van der Waals surface area contributed by atoms with Crippen LogP contribution in [0, 0.1) is 11.6 Å². The van der Waals surface area contributed by atoms with Crippen molar-refractivity contribution in [2.75, 3.05) is 0 Å². The SMILES string of the molecule is Fc1ccc(C(Cl)Cl)cc1.Fc1ccc(C(Cl)Cl)cc1. The van der Waals surface area contributed by atoms with E-state index in [1.807, 2.05) is 0 Å². The van der Waals surface area contributed by atoms with E-state index >= 15 is 0 Å². The molecular weight excluding hydrogens is 348 g/mol. The third-order valence-corrected chi connectivity index (χ3v) is 3.25. The van der Waals surface area contributed by atoms with E-state index in [1.165, 1.54) is 24.3 Å². The lowest BCUT2D eigenvalue weighted by Gasteiger charge is -1.98. The predicted molar refractivity (Wildman–Crippen MR) is 81.7 cm³/mol. The van der Waals surface area contributed by atoms with E-state index in [9.17, 15) is 8.78 Å². The molecule has 0 aromatic heterocycles. The molecule has 0 unspecified atom stereocenters. The molecule has 2 aromatic carbocycles. The lowest BCUT2D eigenvalue weighted by atomic mass is 10.2. The smallest absolute Gasteiger partial charge is 0.132 e. The Morgan fingerprint density at radius 2 is 0.800 bits per heavy atom. The van der Waals surface area contributed by atoms with Crippen molar-refractivity contribution >= 4 is 46.4 Å². The summed E-state index contributed by atoms with van der Waals surface area (Å²) in [5, 5.41) is 0. The van der Waals surface area contributed by atoms with Crippen molar-refractivity contribution < 1.29 is 8.78 Å². The molecule has 0 saturated carbocycles. The van der Waals surface area contributed by atoms with Gasteiger partial charge in [0.2, 0.25) is 0 Å². The molecule has 0 atom stereocenters. The summed E-state index contributed by atoms with van der Waals surface area (Å²) in [5.74, 6) is -0.560. The lowest BCUT2D eigenvalue weighted by molar-refractivity contribution is 0.627. The number of alkyl halides is 4. The predicted octanol–water partition coefficient (Wildman–Crippen LogP) is 6.60. The van der Waals surface area contributed by atoms with Crippen LogP contribution in [0.25, 0.3) is 0 Å². The molecule has 0 aliphatic carbocycles. The molecule has 0 nitrogen and oxygen atoms in total. The van der Waals surface area contributed by atoms with Gasteiger partial charge in [0.15, 0.2) is 0 Å². The number of hydrogen-bond acceptors (Lipinski definition) is 0. The fourth-order valence-electron chi connectivity index (χ4n) is 1.22. The van der Waals surface area contributed by atoms with Gasteiger partial charge in [0.1, 0.15) is 21.3 Å². The molecule has 0 bridgehead atoms. The highest BCUT2D eigenvalue weighted by atomic mass is 35.5. The highest BCUT2D eigenvalue weighted by molar-refractivity contribution is 6.44. The molecule has 108 valence electrons. The van der Waals surface area contributed by atoms with Crippen LogP contribution in [0.1, 0.15) is 20.8 Å². The van der Waals surface area contributed by atoms with Crippen LogP contribution in [-0.2, 0) is 0 Å². The van der Waals surface area contributed by atoms with Crippen molar-refractivity contribution in [1.29, 1.82) is 0 Å². The molecule has 2 rings (SSSR count). The van der Waals surface area contributed by atoms with Crippen LogP contribution in [0.15, 0.2) is 48.5 Å². The fourth-order valence-corrected chi connectivity index (χ4v) is 1.80. The van der Waals surface area contributed by atoms with Crippen molar-refractivity contribution in [1.82, 2.24) is 0 Å². The molecule has 2 aromatic rings. The van der Waals surface area contributed by atoms with Crippen molar-refractivity contribution in [2.45, 2.75) is 9.67 Å². The van der Waals surface area contributed by atoms with E-state index in [-0.39, 0.29) is 11.6 Å². The van der Waals surface area contributed by atoms with Gasteiger partial charge in [-0.15, -0.1) is 46.4 Å². The van der Waals surface area contributed by atoms with E-state index in [1.54, 1.807) is 24.3 Å². The summed E-state index contributed by atoms with van der Waals surface area (Å²) in [7, 11) is 0. The maximum Gasteiger partial charge on any atom is 0.132 e. The maximum absolute atomic E-state index is 12.3. The summed E-state index contributed by atoms with van der Waals surface area (Å²) < 4.78 is 24.5. The van der Waals surface area contributed by atoms with Gasteiger partial charge in [-0.2, -0.15) is 0 Å². The van der Waals surface area contributed by atoms with Crippen LogP contribution in [0.2, 0.25) is 0 Å². The topological polar surface area (TPSA) is 0 Å². The number of halogens is 6. The standard InChI is InChI=1S/2C7H5Cl2F/c2*8-7(9)5-1-3-6(10)4-2-5/h2*1-4,7H.